The van der Waals surface area contributed by atoms with Crippen LogP contribution in [0.2, 0.25) is 0 Å². The highest BCUT2D eigenvalue weighted by molar-refractivity contribution is 5.26. The summed E-state index contributed by atoms with van der Waals surface area (Å²) in [5, 5.41) is 0. The van der Waals surface area contributed by atoms with Gasteiger partial charge in [-0.25, -0.2) is 0 Å². The van der Waals surface area contributed by atoms with Gasteiger partial charge in [-0.3, -0.25) is 4.98 Å². The van der Waals surface area contributed by atoms with Gasteiger partial charge in [0, 0.05) is 24.4 Å². The molecule has 0 saturated heterocycles. The van der Waals surface area contributed by atoms with Crippen molar-refractivity contribution in [2.45, 2.75) is 13.5 Å². The summed E-state index contributed by atoms with van der Waals surface area (Å²) in [7, 11) is 1.63. The van der Waals surface area contributed by atoms with Crippen LogP contribution in [0.25, 0.3) is 0 Å². The molecule has 0 bridgehead atoms. The summed E-state index contributed by atoms with van der Waals surface area (Å²) in [6.45, 7) is 2.37. The van der Waals surface area contributed by atoms with Gasteiger partial charge < -0.3 is 10.5 Å². The molecular weight excluding hydrogens is 140 g/mol. The first kappa shape index (κ1) is 8.01. The lowest BCUT2D eigenvalue weighted by Gasteiger charge is -2.02. The Labute approximate surface area is 66.2 Å². The Morgan fingerprint density at radius 3 is 2.82 bits per heavy atom. The normalized spacial score (nSPS) is 9.73. The predicted octanol–water partition coefficient (Wildman–Crippen LogP) is 0.857. The molecule has 1 aromatic rings. The van der Waals surface area contributed by atoms with Gasteiger partial charge in [-0.1, -0.05) is 0 Å². The standard InChI is InChI=1S/C8H12N2O/c1-6-3-8(11-2)4-7(5-9)10-6/h3-4H,5,9H2,1-2H3. The number of rotatable bonds is 2. The van der Waals surface area contributed by atoms with Gasteiger partial charge in [0.15, 0.2) is 0 Å². The van der Waals surface area contributed by atoms with Crippen molar-refractivity contribution in [3.63, 3.8) is 0 Å². The molecule has 0 aliphatic heterocycles. The lowest BCUT2D eigenvalue weighted by atomic mass is 10.3. The van der Waals surface area contributed by atoms with E-state index in [1.54, 1.807) is 7.11 Å². The van der Waals surface area contributed by atoms with E-state index >= 15 is 0 Å². The van der Waals surface area contributed by atoms with Crippen LogP contribution in [0.4, 0.5) is 0 Å². The Morgan fingerprint density at radius 1 is 1.55 bits per heavy atom. The monoisotopic (exact) mass is 152 g/mol. The van der Waals surface area contributed by atoms with Crippen LogP contribution in [0.1, 0.15) is 11.4 Å². The Hall–Kier alpha value is -1.09. The van der Waals surface area contributed by atoms with Gasteiger partial charge in [0.2, 0.25) is 0 Å². The van der Waals surface area contributed by atoms with Crippen LogP contribution in [0.15, 0.2) is 12.1 Å². The van der Waals surface area contributed by atoms with Gasteiger partial charge in [-0.15, -0.1) is 0 Å². The zero-order chi connectivity index (χ0) is 8.27. The minimum absolute atomic E-state index is 0.456. The Bertz CT molecular complexity index is 226. The highest BCUT2D eigenvalue weighted by atomic mass is 16.5. The molecule has 0 amide bonds. The third-order valence-electron chi connectivity index (χ3n) is 1.42. The number of aromatic nitrogens is 1. The molecule has 60 valence electrons. The smallest absolute Gasteiger partial charge is 0.122 e. The van der Waals surface area contributed by atoms with Crippen LogP contribution < -0.4 is 10.5 Å². The van der Waals surface area contributed by atoms with Crippen molar-refractivity contribution in [2.24, 2.45) is 5.73 Å². The molecule has 0 atom stereocenters. The van der Waals surface area contributed by atoms with Crippen molar-refractivity contribution in [1.29, 1.82) is 0 Å². The summed E-state index contributed by atoms with van der Waals surface area (Å²) in [6, 6.07) is 3.71. The number of nitrogens with two attached hydrogens (primary N) is 1. The molecule has 3 nitrogen and oxygen atoms in total. The topological polar surface area (TPSA) is 48.1 Å². The molecule has 11 heavy (non-hydrogen) atoms. The van der Waals surface area contributed by atoms with Crippen LogP contribution in [-0.4, -0.2) is 12.1 Å². The largest absolute Gasteiger partial charge is 0.497 e. The molecule has 0 radical (unpaired) electrons. The van der Waals surface area contributed by atoms with Gasteiger partial charge in [0.1, 0.15) is 5.75 Å². The first-order valence-electron chi connectivity index (χ1n) is 3.48. The van der Waals surface area contributed by atoms with Crippen LogP contribution in [0.5, 0.6) is 5.75 Å². The average molecular weight is 152 g/mol. The summed E-state index contributed by atoms with van der Waals surface area (Å²) in [4.78, 5) is 4.20. The Kier molecular flexibility index (Phi) is 2.44. The number of hydrogen-bond acceptors (Lipinski definition) is 3. The maximum atomic E-state index is 5.42. The Morgan fingerprint density at radius 2 is 2.27 bits per heavy atom. The molecule has 0 saturated carbocycles. The van der Waals surface area contributed by atoms with Crippen LogP contribution in [-0.2, 0) is 6.54 Å². The number of pyridine rings is 1. The fraction of sp³-hybridized carbons (Fsp3) is 0.375. The van der Waals surface area contributed by atoms with Crippen molar-refractivity contribution in [2.75, 3.05) is 7.11 Å². The van der Waals surface area contributed by atoms with E-state index in [0.29, 0.717) is 6.54 Å². The number of ether oxygens (including phenoxy) is 1. The molecule has 0 aromatic carbocycles. The van der Waals surface area contributed by atoms with Gasteiger partial charge in [-0.2, -0.15) is 0 Å². The van der Waals surface area contributed by atoms with E-state index in [1.165, 1.54) is 0 Å². The zero-order valence-corrected chi connectivity index (χ0v) is 6.79. The van der Waals surface area contributed by atoms with E-state index in [1.807, 2.05) is 19.1 Å². The van der Waals surface area contributed by atoms with Crippen molar-refractivity contribution in [3.8, 4) is 5.75 Å². The van der Waals surface area contributed by atoms with Gasteiger partial charge in [0.25, 0.3) is 0 Å². The summed E-state index contributed by atoms with van der Waals surface area (Å²) >= 11 is 0. The zero-order valence-electron chi connectivity index (χ0n) is 6.79. The molecule has 3 heteroatoms. The number of hydrogen-bond donors (Lipinski definition) is 1. The molecule has 1 heterocycles. The van der Waals surface area contributed by atoms with Crippen molar-refractivity contribution < 1.29 is 4.74 Å². The van der Waals surface area contributed by atoms with E-state index in [0.717, 1.165) is 17.1 Å². The van der Waals surface area contributed by atoms with Crippen LogP contribution >= 0.6 is 0 Å². The van der Waals surface area contributed by atoms with Gasteiger partial charge in [0.05, 0.1) is 12.8 Å². The quantitative estimate of drug-likeness (QED) is 0.683. The number of aryl methyl sites for hydroxylation is 1. The Balaban J connectivity index is 3.02. The highest BCUT2D eigenvalue weighted by Crippen LogP contribution is 2.12. The molecule has 1 aromatic heterocycles. The molecule has 0 unspecified atom stereocenters. The van der Waals surface area contributed by atoms with Crippen molar-refractivity contribution in [3.05, 3.63) is 23.5 Å². The molecule has 0 spiro atoms. The molecule has 2 N–H and O–H groups in total. The minimum Gasteiger partial charge on any atom is -0.497 e. The third-order valence-corrected chi connectivity index (χ3v) is 1.42. The second kappa shape index (κ2) is 3.34. The van der Waals surface area contributed by atoms with Crippen LogP contribution in [0, 0.1) is 6.92 Å². The lowest BCUT2D eigenvalue weighted by Crippen LogP contribution is -2.01. The number of nitrogens with zero attached hydrogens (tertiary/aromatic N) is 1. The SMILES string of the molecule is COc1cc(C)nc(CN)c1. The minimum atomic E-state index is 0.456. The van der Waals surface area contributed by atoms with E-state index in [9.17, 15) is 0 Å². The first-order chi connectivity index (χ1) is 5.26. The summed E-state index contributed by atoms with van der Waals surface area (Å²) in [5.41, 5.74) is 7.22. The molecule has 1 rings (SSSR count). The fourth-order valence-corrected chi connectivity index (χ4v) is 0.925. The van der Waals surface area contributed by atoms with Crippen molar-refractivity contribution >= 4 is 0 Å². The molecule has 0 fully saturated rings. The lowest BCUT2D eigenvalue weighted by molar-refractivity contribution is 0.413. The third kappa shape index (κ3) is 1.91. The van der Waals surface area contributed by atoms with E-state index in [4.69, 9.17) is 10.5 Å². The van der Waals surface area contributed by atoms with Crippen LogP contribution in [0.3, 0.4) is 0 Å². The maximum absolute atomic E-state index is 5.42. The summed E-state index contributed by atoms with van der Waals surface area (Å²) in [5.74, 6) is 0.818. The van der Waals surface area contributed by atoms with E-state index in [2.05, 4.69) is 4.98 Å². The summed E-state index contributed by atoms with van der Waals surface area (Å²) in [6.07, 6.45) is 0. The average Bonchev–Trinajstić information content (AvgIpc) is 2.03. The van der Waals surface area contributed by atoms with Gasteiger partial charge >= 0.3 is 0 Å². The fourth-order valence-electron chi connectivity index (χ4n) is 0.925. The predicted molar refractivity (Wildman–Crippen MR) is 43.4 cm³/mol. The maximum Gasteiger partial charge on any atom is 0.122 e. The van der Waals surface area contributed by atoms with Crippen molar-refractivity contribution in [1.82, 2.24) is 4.98 Å². The second-order valence-electron chi connectivity index (χ2n) is 2.34. The molecule has 0 aliphatic carbocycles. The molecular formula is C8H12N2O. The first-order valence-corrected chi connectivity index (χ1v) is 3.48. The van der Waals surface area contributed by atoms with Gasteiger partial charge in [-0.05, 0) is 6.92 Å². The highest BCUT2D eigenvalue weighted by Gasteiger charge is 1.96. The summed E-state index contributed by atoms with van der Waals surface area (Å²) < 4.78 is 5.04. The molecule has 0 aliphatic rings. The second-order valence-corrected chi connectivity index (χ2v) is 2.34. The van der Waals surface area contributed by atoms with E-state index < -0.39 is 0 Å². The van der Waals surface area contributed by atoms with E-state index in [-0.39, 0.29) is 0 Å². The number of methoxy groups -OCH3 is 1.